The van der Waals surface area contributed by atoms with Crippen LogP contribution in [0.4, 0.5) is 0 Å². The molecule has 0 saturated heterocycles. The molecule has 0 bridgehead atoms. The highest BCUT2D eigenvalue weighted by atomic mass is 79.9. The Balaban J connectivity index is 2.74. The molecule has 1 atom stereocenters. The van der Waals surface area contributed by atoms with Gasteiger partial charge in [-0.05, 0) is 43.4 Å². The normalized spacial score (nSPS) is 13.2. The second-order valence-corrected chi connectivity index (χ2v) is 5.46. The number of nitrogens with two attached hydrogens (primary N) is 1. The summed E-state index contributed by atoms with van der Waals surface area (Å²) in [6.07, 6.45) is 2.63. The average Bonchev–Trinajstić information content (AvgIpc) is 2.74. The van der Waals surface area contributed by atoms with E-state index in [1.165, 1.54) is 0 Å². The van der Waals surface area contributed by atoms with Crippen LogP contribution in [0.3, 0.4) is 0 Å². The van der Waals surface area contributed by atoms with E-state index in [0.717, 1.165) is 36.3 Å². The number of aromatic nitrogens is 2. The zero-order valence-electron chi connectivity index (χ0n) is 11.9. The molecular formula is C12H24BrN5O. The van der Waals surface area contributed by atoms with Crippen LogP contribution in [0.25, 0.3) is 0 Å². The minimum absolute atomic E-state index is 0.0330. The molecule has 1 heterocycles. The Kier molecular flexibility index (Phi) is 7.55. The summed E-state index contributed by atoms with van der Waals surface area (Å²) in [7, 11) is 4.10. The molecule has 7 heteroatoms. The van der Waals surface area contributed by atoms with Crippen molar-refractivity contribution in [1.29, 1.82) is 0 Å². The first kappa shape index (κ1) is 16.6. The third kappa shape index (κ3) is 5.19. The van der Waals surface area contributed by atoms with Crippen LogP contribution in [0.5, 0.6) is 0 Å². The quantitative estimate of drug-likeness (QED) is 0.403. The van der Waals surface area contributed by atoms with Gasteiger partial charge in [-0.25, -0.2) is 0 Å². The predicted molar refractivity (Wildman–Crippen MR) is 79.7 cm³/mol. The van der Waals surface area contributed by atoms with Gasteiger partial charge in [-0.15, -0.1) is 0 Å². The van der Waals surface area contributed by atoms with Crippen LogP contribution in [0, 0.1) is 0 Å². The fourth-order valence-electron chi connectivity index (χ4n) is 1.84. The highest BCUT2D eigenvalue weighted by Crippen LogP contribution is 2.25. The molecule has 0 aliphatic carbocycles. The van der Waals surface area contributed by atoms with Crippen molar-refractivity contribution in [2.75, 3.05) is 33.9 Å². The van der Waals surface area contributed by atoms with Crippen molar-refractivity contribution in [1.82, 2.24) is 20.1 Å². The fraction of sp³-hybridized carbons (Fsp3) is 0.750. The topological polar surface area (TPSA) is 68.3 Å². The third-order valence-electron chi connectivity index (χ3n) is 2.88. The van der Waals surface area contributed by atoms with Gasteiger partial charge in [0.05, 0.1) is 29.0 Å². The minimum Gasteiger partial charge on any atom is -0.382 e. The van der Waals surface area contributed by atoms with Gasteiger partial charge in [0, 0.05) is 19.8 Å². The van der Waals surface area contributed by atoms with Crippen molar-refractivity contribution in [3.8, 4) is 0 Å². The van der Waals surface area contributed by atoms with Crippen molar-refractivity contribution in [2.24, 2.45) is 5.84 Å². The standard InChI is InChI=1S/C12H24BrN5O/c1-4-19-8-5-11(16-14)12-10(13)9-15-18(12)7-6-17(2)3/h9,11,16H,4-8,14H2,1-3H3. The van der Waals surface area contributed by atoms with Crippen molar-refractivity contribution >= 4 is 15.9 Å². The molecule has 0 aromatic carbocycles. The highest BCUT2D eigenvalue weighted by molar-refractivity contribution is 9.10. The highest BCUT2D eigenvalue weighted by Gasteiger charge is 2.18. The largest absolute Gasteiger partial charge is 0.382 e. The van der Waals surface area contributed by atoms with Gasteiger partial charge in [0.15, 0.2) is 0 Å². The molecule has 0 amide bonds. The molecule has 19 heavy (non-hydrogen) atoms. The predicted octanol–water partition coefficient (Wildman–Crippen LogP) is 1.14. The van der Waals surface area contributed by atoms with E-state index in [1.807, 2.05) is 31.9 Å². The molecule has 0 aliphatic heterocycles. The molecule has 3 N–H and O–H groups in total. The Hall–Kier alpha value is -0.470. The summed E-state index contributed by atoms with van der Waals surface area (Å²) in [5.74, 6) is 5.66. The average molecular weight is 334 g/mol. The van der Waals surface area contributed by atoms with Crippen LogP contribution in [-0.4, -0.2) is 48.5 Å². The van der Waals surface area contributed by atoms with Crippen molar-refractivity contribution in [2.45, 2.75) is 25.9 Å². The molecule has 0 fully saturated rings. The first-order valence-corrected chi connectivity index (χ1v) is 7.29. The first-order chi connectivity index (χ1) is 9.10. The van der Waals surface area contributed by atoms with Crippen LogP contribution in [0.1, 0.15) is 25.1 Å². The summed E-state index contributed by atoms with van der Waals surface area (Å²) in [5.41, 5.74) is 3.92. The summed E-state index contributed by atoms with van der Waals surface area (Å²) >= 11 is 3.54. The molecule has 1 aromatic rings. The SMILES string of the molecule is CCOCCC(NN)c1c(Br)cnn1CCN(C)C. The second-order valence-electron chi connectivity index (χ2n) is 4.61. The van der Waals surface area contributed by atoms with E-state index >= 15 is 0 Å². The molecule has 0 saturated carbocycles. The maximum Gasteiger partial charge on any atom is 0.0710 e. The molecule has 1 unspecified atom stereocenters. The Morgan fingerprint density at radius 3 is 2.89 bits per heavy atom. The summed E-state index contributed by atoms with van der Waals surface area (Å²) in [6, 6.07) is 0.0330. The van der Waals surface area contributed by atoms with Crippen LogP contribution in [0.15, 0.2) is 10.7 Å². The van der Waals surface area contributed by atoms with E-state index in [0.29, 0.717) is 6.61 Å². The fourth-order valence-corrected chi connectivity index (χ4v) is 2.41. The number of nitrogens with zero attached hydrogens (tertiary/aromatic N) is 3. The Labute approximate surface area is 123 Å². The maximum absolute atomic E-state index is 5.66. The molecule has 1 rings (SSSR count). The summed E-state index contributed by atoms with van der Waals surface area (Å²) < 4.78 is 8.36. The number of hydrogen-bond acceptors (Lipinski definition) is 5. The van der Waals surface area contributed by atoms with Gasteiger partial charge in [-0.2, -0.15) is 5.10 Å². The Bertz CT molecular complexity index is 369. The van der Waals surface area contributed by atoms with E-state index in [2.05, 4.69) is 31.4 Å². The van der Waals surface area contributed by atoms with Gasteiger partial charge in [0.2, 0.25) is 0 Å². The van der Waals surface area contributed by atoms with Crippen LogP contribution >= 0.6 is 15.9 Å². The van der Waals surface area contributed by atoms with E-state index in [-0.39, 0.29) is 6.04 Å². The van der Waals surface area contributed by atoms with Crippen molar-refractivity contribution in [3.05, 3.63) is 16.4 Å². The minimum atomic E-state index is 0.0330. The lowest BCUT2D eigenvalue weighted by Gasteiger charge is -2.19. The smallest absolute Gasteiger partial charge is 0.0710 e. The summed E-state index contributed by atoms with van der Waals surface area (Å²) in [5, 5.41) is 4.39. The van der Waals surface area contributed by atoms with Gasteiger partial charge < -0.3 is 9.64 Å². The van der Waals surface area contributed by atoms with Gasteiger partial charge in [0.1, 0.15) is 0 Å². The number of likely N-dealkylation sites (N-methyl/N-ethyl adjacent to an activating group) is 1. The van der Waals surface area contributed by atoms with E-state index in [4.69, 9.17) is 10.6 Å². The Morgan fingerprint density at radius 1 is 1.58 bits per heavy atom. The van der Waals surface area contributed by atoms with E-state index in [1.54, 1.807) is 0 Å². The lowest BCUT2D eigenvalue weighted by Crippen LogP contribution is -2.32. The number of rotatable bonds is 9. The van der Waals surface area contributed by atoms with E-state index in [9.17, 15) is 0 Å². The number of ether oxygens (including phenoxy) is 1. The third-order valence-corrected chi connectivity index (χ3v) is 3.49. The Morgan fingerprint density at radius 2 is 2.32 bits per heavy atom. The second kappa shape index (κ2) is 8.65. The van der Waals surface area contributed by atoms with Crippen molar-refractivity contribution in [3.63, 3.8) is 0 Å². The summed E-state index contributed by atoms with van der Waals surface area (Å²) in [6.45, 7) is 5.15. The molecule has 110 valence electrons. The molecular weight excluding hydrogens is 310 g/mol. The molecule has 1 aromatic heterocycles. The molecule has 0 spiro atoms. The van der Waals surface area contributed by atoms with Crippen LogP contribution < -0.4 is 11.3 Å². The summed E-state index contributed by atoms with van der Waals surface area (Å²) in [4.78, 5) is 2.13. The number of hydrogen-bond donors (Lipinski definition) is 2. The first-order valence-electron chi connectivity index (χ1n) is 6.50. The molecule has 6 nitrogen and oxygen atoms in total. The molecule has 0 aliphatic rings. The van der Waals surface area contributed by atoms with Gasteiger partial charge in [-0.3, -0.25) is 16.0 Å². The number of nitrogens with one attached hydrogen (secondary N) is 1. The lowest BCUT2D eigenvalue weighted by molar-refractivity contribution is 0.135. The lowest BCUT2D eigenvalue weighted by atomic mass is 10.1. The number of halogens is 1. The zero-order valence-corrected chi connectivity index (χ0v) is 13.5. The van der Waals surface area contributed by atoms with Gasteiger partial charge >= 0.3 is 0 Å². The maximum atomic E-state index is 5.66. The van der Waals surface area contributed by atoms with Crippen LogP contribution in [0.2, 0.25) is 0 Å². The number of hydrazine groups is 1. The van der Waals surface area contributed by atoms with Crippen molar-refractivity contribution < 1.29 is 4.74 Å². The van der Waals surface area contributed by atoms with E-state index < -0.39 is 0 Å². The van der Waals surface area contributed by atoms with Crippen LogP contribution in [-0.2, 0) is 11.3 Å². The monoisotopic (exact) mass is 333 g/mol. The molecule has 0 radical (unpaired) electrons. The van der Waals surface area contributed by atoms with Gasteiger partial charge in [-0.1, -0.05) is 0 Å². The van der Waals surface area contributed by atoms with Gasteiger partial charge in [0.25, 0.3) is 0 Å². The zero-order chi connectivity index (χ0) is 14.3.